The molecule has 1 rings (SSSR count). The van der Waals surface area contributed by atoms with Crippen LogP contribution in [-0.4, -0.2) is 6.66 Å². The molecule has 0 aliphatic rings. The van der Waals surface area contributed by atoms with Crippen LogP contribution < -0.4 is 5.30 Å². The fourth-order valence-electron chi connectivity index (χ4n) is 0.605. The number of rotatable bonds is 1. The zero-order valence-electron chi connectivity index (χ0n) is 5.89. The average molecular weight is 125 g/mol. The van der Waals surface area contributed by atoms with Crippen LogP contribution in [0.2, 0.25) is 0 Å². The van der Waals surface area contributed by atoms with Gasteiger partial charge in [0.1, 0.15) is 0 Å². The molecule has 0 saturated carbocycles. The van der Waals surface area contributed by atoms with Crippen molar-refractivity contribution in [3.63, 3.8) is 0 Å². The Bertz CT molecular complexity index is 150. The summed E-state index contributed by atoms with van der Waals surface area (Å²) >= 11 is 0. The maximum Gasteiger partial charge on any atom is 1.00 e. The van der Waals surface area contributed by atoms with Crippen molar-refractivity contribution in [2.45, 2.75) is 0 Å². The number of hydrogen-bond donors (Lipinski definition) is 0. The first-order valence-corrected chi connectivity index (χ1v) is 4.16. The highest BCUT2D eigenvalue weighted by atomic mass is 31.1. The van der Waals surface area contributed by atoms with E-state index in [0.717, 1.165) is 8.58 Å². The second-order valence-electron chi connectivity index (χ2n) is 1.62. The van der Waals surface area contributed by atoms with Crippen molar-refractivity contribution in [2.24, 2.45) is 0 Å². The lowest BCUT2D eigenvalue weighted by atomic mass is 10.4. The van der Waals surface area contributed by atoms with Crippen molar-refractivity contribution < 1.29 is 1.43 Å². The van der Waals surface area contributed by atoms with Crippen molar-refractivity contribution >= 4 is 13.9 Å². The van der Waals surface area contributed by atoms with E-state index in [0.29, 0.717) is 0 Å². The third kappa shape index (κ3) is 1.31. The first kappa shape index (κ1) is 5.78. The second-order valence-corrected chi connectivity index (χ2v) is 2.69. The molecule has 0 saturated heterocycles. The van der Waals surface area contributed by atoms with Crippen molar-refractivity contribution in [1.29, 1.82) is 0 Å². The lowest BCUT2D eigenvalue weighted by Crippen LogP contribution is -1.87. The van der Waals surface area contributed by atoms with Gasteiger partial charge in [-0.2, -0.15) is 0 Å². The summed E-state index contributed by atoms with van der Waals surface area (Å²) in [6.45, 7) is 2.19. The van der Waals surface area contributed by atoms with Crippen LogP contribution in [0.15, 0.2) is 30.3 Å². The molecule has 0 N–H and O–H groups in total. The maximum absolute atomic E-state index is 2.19. The summed E-state index contributed by atoms with van der Waals surface area (Å²) in [7, 11) is 0.930. The Labute approximate surface area is 53.2 Å². The topological polar surface area (TPSA) is 0 Å². The summed E-state index contributed by atoms with van der Waals surface area (Å²) in [6, 6.07) is 10.5. The summed E-state index contributed by atoms with van der Waals surface area (Å²) in [5.74, 6) is 0. The van der Waals surface area contributed by atoms with Gasteiger partial charge in [0.2, 0.25) is 0 Å². The Morgan fingerprint density at radius 2 is 1.88 bits per heavy atom. The summed E-state index contributed by atoms with van der Waals surface area (Å²) in [6.07, 6.45) is 0. The summed E-state index contributed by atoms with van der Waals surface area (Å²) < 4.78 is 0. The zero-order valence-corrected chi connectivity index (χ0v) is 5.89. The molecule has 0 bridgehead atoms. The monoisotopic (exact) mass is 125 g/mol. The molecule has 1 aromatic rings. The molecular weight excluding hydrogens is 115 g/mol. The van der Waals surface area contributed by atoms with Gasteiger partial charge in [-0.1, -0.05) is 38.9 Å². The van der Waals surface area contributed by atoms with Crippen molar-refractivity contribution in [2.75, 3.05) is 6.66 Å². The normalized spacial score (nSPS) is 10.6. The fraction of sp³-hybridized carbons (Fsp3) is 0.143. The van der Waals surface area contributed by atoms with Gasteiger partial charge in [0.25, 0.3) is 0 Å². The molecule has 0 amide bonds. The summed E-state index contributed by atoms with van der Waals surface area (Å²) in [4.78, 5) is 0. The van der Waals surface area contributed by atoms with E-state index in [1.165, 1.54) is 5.30 Å². The van der Waals surface area contributed by atoms with Crippen LogP contribution in [0.25, 0.3) is 0 Å². The van der Waals surface area contributed by atoms with Crippen LogP contribution in [0, 0.1) is 0 Å². The van der Waals surface area contributed by atoms with Crippen molar-refractivity contribution in [3.05, 3.63) is 30.3 Å². The highest BCUT2D eigenvalue weighted by Crippen LogP contribution is 2.00. The Hall–Kier alpha value is -0.350. The lowest BCUT2D eigenvalue weighted by molar-refractivity contribution is 1.78. The highest BCUT2D eigenvalue weighted by Gasteiger charge is 1.79. The molecule has 8 heavy (non-hydrogen) atoms. The summed E-state index contributed by atoms with van der Waals surface area (Å²) in [5, 5.41) is 1.44. The predicted molar refractivity (Wildman–Crippen MR) is 41.4 cm³/mol. The minimum Gasteiger partial charge on any atom is -0.0936 e. The molecule has 0 radical (unpaired) electrons. The van der Waals surface area contributed by atoms with Gasteiger partial charge in [0.05, 0.1) is 0 Å². The Morgan fingerprint density at radius 1 is 1.25 bits per heavy atom. The van der Waals surface area contributed by atoms with Gasteiger partial charge in [-0.25, -0.2) is 0 Å². The van der Waals surface area contributed by atoms with E-state index in [4.69, 9.17) is 0 Å². The van der Waals surface area contributed by atoms with Gasteiger partial charge < -0.3 is 0 Å². The van der Waals surface area contributed by atoms with Gasteiger partial charge in [0, 0.05) is 0 Å². The van der Waals surface area contributed by atoms with Gasteiger partial charge >= 0.3 is 1.43 Å². The molecule has 0 fully saturated rings. The molecule has 0 aliphatic heterocycles. The van der Waals surface area contributed by atoms with E-state index in [-0.39, 0.29) is 1.43 Å². The predicted octanol–water partition coefficient (Wildman–Crippen LogP) is 1.73. The smallest absolute Gasteiger partial charge is 0.0936 e. The number of hydrogen-bond acceptors (Lipinski definition) is 0. The van der Waals surface area contributed by atoms with Crippen LogP contribution in [-0.2, 0) is 0 Å². The first-order valence-electron chi connectivity index (χ1n) is 2.66. The highest BCUT2D eigenvalue weighted by molar-refractivity contribution is 7.46. The zero-order chi connectivity index (χ0) is 5.82. The standard InChI is InChI=1S/C7H9P/c1-8-7-5-3-2-4-6-7/h2-6,8H,1H3/p+1. The molecule has 0 spiro atoms. The molecule has 0 aromatic heterocycles. The molecule has 42 valence electrons. The molecule has 1 aromatic carbocycles. The van der Waals surface area contributed by atoms with Crippen molar-refractivity contribution in [3.8, 4) is 0 Å². The van der Waals surface area contributed by atoms with Gasteiger partial charge in [-0.05, 0) is 12.0 Å². The molecule has 1 unspecified atom stereocenters. The van der Waals surface area contributed by atoms with E-state index in [2.05, 4.69) is 30.9 Å². The van der Waals surface area contributed by atoms with E-state index in [1.54, 1.807) is 0 Å². The van der Waals surface area contributed by atoms with Gasteiger partial charge in [-0.3, -0.25) is 0 Å². The van der Waals surface area contributed by atoms with E-state index >= 15 is 0 Å². The SMILES string of the molecule is CPc1ccccc1.[H+]. The van der Waals surface area contributed by atoms with Crippen LogP contribution in [0.1, 0.15) is 1.43 Å². The van der Waals surface area contributed by atoms with Crippen LogP contribution >= 0.6 is 8.58 Å². The third-order valence-electron chi connectivity index (χ3n) is 1.06. The largest absolute Gasteiger partial charge is 1.00 e. The minimum absolute atomic E-state index is 0. The van der Waals surface area contributed by atoms with Gasteiger partial charge in [-0.15, -0.1) is 0 Å². The molecule has 1 heteroatoms. The van der Waals surface area contributed by atoms with Crippen molar-refractivity contribution in [1.82, 2.24) is 0 Å². The van der Waals surface area contributed by atoms with Gasteiger partial charge in [0.15, 0.2) is 0 Å². The van der Waals surface area contributed by atoms with Crippen LogP contribution in [0.5, 0.6) is 0 Å². The third-order valence-corrected chi connectivity index (χ3v) is 1.97. The Balaban J connectivity index is 0.000000640. The molecule has 1 atom stereocenters. The fourth-order valence-corrected chi connectivity index (χ4v) is 1.13. The number of benzene rings is 1. The van der Waals surface area contributed by atoms with Crippen LogP contribution in [0.4, 0.5) is 0 Å². The molecule has 0 heterocycles. The molecular formula is C7H10P+. The maximum atomic E-state index is 2.19. The molecule has 0 aliphatic carbocycles. The molecule has 0 nitrogen and oxygen atoms in total. The van der Waals surface area contributed by atoms with E-state index < -0.39 is 0 Å². The Kier molecular flexibility index (Phi) is 2.05. The average Bonchev–Trinajstić information content (AvgIpc) is 1.90. The summed E-state index contributed by atoms with van der Waals surface area (Å²) in [5.41, 5.74) is 0. The first-order chi connectivity index (χ1) is 3.93. The van der Waals surface area contributed by atoms with E-state index in [9.17, 15) is 0 Å². The Morgan fingerprint density at radius 3 is 2.25 bits per heavy atom. The lowest BCUT2D eigenvalue weighted by Gasteiger charge is -1.89. The van der Waals surface area contributed by atoms with Crippen LogP contribution in [0.3, 0.4) is 0 Å². The van der Waals surface area contributed by atoms with E-state index in [1.807, 2.05) is 6.07 Å². The minimum atomic E-state index is 0. The second kappa shape index (κ2) is 2.84. The quantitative estimate of drug-likeness (QED) is 0.501.